The first-order valence-corrected chi connectivity index (χ1v) is 12.6. The summed E-state index contributed by atoms with van der Waals surface area (Å²) in [5, 5.41) is 5.37. The van der Waals surface area contributed by atoms with Gasteiger partial charge in [-0.15, -0.1) is 11.3 Å². The van der Waals surface area contributed by atoms with Gasteiger partial charge >= 0.3 is 0 Å². The molecule has 2 atom stereocenters. The minimum atomic E-state index is -0.527. The van der Waals surface area contributed by atoms with E-state index < -0.39 is 12.0 Å². The maximum absolute atomic E-state index is 13.7. The molecule has 2 aromatic carbocycles. The Balaban J connectivity index is 1.50. The van der Waals surface area contributed by atoms with Crippen molar-refractivity contribution < 1.29 is 14.3 Å². The van der Waals surface area contributed by atoms with E-state index in [1.54, 1.807) is 18.2 Å². The monoisotopic (exact) mass is 498 g/mol. The van der Waals surface area contributed by atoms with Crippen LogP contribution in [0.1, 0.15) is 30.0 Å². The van der Waals surface area contributed by atoms with Gasteiger partial charge < -0.3 is 15.0 Å². The van der Waals surface area contributed by atoms with Crippen LogP contribution >= 0.6 is 11.3 Å². The molecule has 1 fully saturated rings. The number of anilines is 2. The van der Waals surface area contributed by atoms with Crippen LogP contribution in [-0.2, 0) is 9.59 Å². The molecule has 0 saturated carbocycles. The molecule has 3 heterocycles. The van der Waals surface area contributed by atoms with E-state index in [0.29, 0.717) is 23.0 Å². The van der Waals surface area contributed by atoms with E-state index in [1.807, 2.05) is 79.0 Å². The van der Waals surface area contributed by atoms with Crippen LogP contribution in [0.5, 0.6) is 5.75 Å². The van der Waals surface area contributed by atoms with Crippen LogP contribution in [0.4, 0.5) is 10.8 Å². The summed E-state index contributed by atoms with van der Waals surface area (Å²) in [5.74, 6) is -0.0655. The number of thiazole rings is 1. The van der Waals surface area contributed by atoms with Crippen LogP contribution in [-0.4, -0.2) is 28.9 Å². The van der Waals surface area contributed by atoms with E-state index in [1.165, 1.54) is 11.3 Å². The first-order valence-electron chi connectivity index (χ1n) is 11.7. The van der Waals surface area contributed by atoms with Crippen LogP contribution in [0, 0.1) is 12.8 Å². The largest absolute Gasteiger partial charge is 0.496 e. The van der Waals surface area contributed by atoms with Crippen molar-refractivity contribution in [3.8, 4) is 17.1 Å². The van der Waals surface area contributed by atoms with Crippen molar-refractivity contribution >= 4 is 34.0 Å². The average Bonchev–Trinajstić information content (AvgIpc) is 3.38. The highest BCUT2D eigenvalue weighted by atomic mass is 32.1. The predicted octanol–water partition coefficient (Wildman–Crippen LogP) is 5.65. The summed E-state index contributed by atoms with van der Waals surface area (Å²) in [6.45, 7) is 2.00. The third-order valence-electron chi connectivity index (χ3n) is 6.37. The van der Waals surface area contributed by atoms with Crippen molar-refractivity contribution in [1.82, 2.24) is 9.97 Å². The SMILES string of the molecule is COc1ccccc1C1C(C(=O)Nc2nc(-c3ccccn3)cs2)CCC(=O)N1c1ccc(C)cc1. The van der Waals surface area contributed by atoms with Gasteiger partial charge in [0.05, 0.1) is 24.8 Å². The molecule has 1 saturated heterocycles. The van der Waals surface area contributed by atoms with Gasteiger partial charge in [-0.3, -0.25) is 14.6 Å². The molecule has 36 heavy (non-hydrogen) atoms. The van der Waals surface area contributed by atoms with Gasteiger partial charge in [0, 0.05) is 29.2 Å². The highest BCUT2D eigenvalue weighted by molar-refractivity contribution is 7.14. The normalized spacial score (nSPS) is 17.6. The standard InChI is InChI=1S/C28H26N4O3S/c1-18-10-12-19(13-11-18)32-25(33)15-14-21(26(32)20-7-3-4-9-24(20)35-2)27(34)31-28-30-23(17-36-28)22-8-5-6-16-29-22/h3-13,16-17,21,26H,14-15H2,1-2H3,(H,30,31,34). The first kappa shape index (κ1) is 23.7. The highest BCUT2D eigenvalue weighted by Gasteiger charge is 2.42. The molecule has 1 aliphatic heterocycles. The van der Waals surface area contributed by atoms with Gasteiger partial charge in [0.15, 0.2) is 5.13 Å². The minimum Gasteiger partial charge on any atom is -0.496 e. The Morgan fingerprint density at radius 1 is 1.06 bits per heavy atom. The number of rotatable bonds is 6. The van der Waals surface area contributed by atoms with Crippen molar-refractivity contribution in [2.24, 2.45) is 5.92 Å². The van der Waals surface area contributed by atoms with Crippen LogP contribution < -0.4 is 15.0 Å². The second-order valence-corrected chi connectivity index (χ2v) is 9.53. The summed E-state index contributed by atoms with van der Waals surface area (Å²) in [6, 6.07) is 20.5. The number of nitrogens with zero attached hydrogens (tertiary/aromatic N) is 3. The van der Waals surface area contributed by atoms with Crippen molar-refractivity contribution in [2.75, 3.05) is 17.3 Å². The number of nitrogens with one attached hydrogen (secondary N) is 1. The Labute approximate surface area is 213 Å². The van der Waals surface area contributed by atoms with Crippen molar-refractivity contribution in [2.45, 2.75) is 25.8 Å². The Kier molecular flexibility index (Phi) is 6.77. The van der Waals surface area contributed by atoms with Crippen molar-refractivity contribution in [3.05, 3.63) is 89.4 Å². The fraction of sp³-hybridized carbons (Fsp3) is 0.214. The molecule has 0 spiro atoms. The molecule has 0 bridgehead atoms. The zero-order chi connectivity index (χ0) is 25.1. The summed E-state index contributed by atoms with van der Waals surface area (Å²) in [7, 11) is 1.60. The molecule has 4 aromatic rings. The number of aromatic nitrogens is 2. The number of benzene rings is 2. The Morgan fingerprint density at radius 3 is 2.58 bits per heavy atom. The summed E-state index contributed by atoms with van der Waals surface area (Å²) < 4.78 is 5.65. The lowest BCUT2D eigenvalue weighted by Crippen LogP contribution is -2.47. The summed E-state index contributed by atoms with van der Waals surface area (Å²) in [5.41, 5.74) is 4.10. The second-order valence-electron chi connectivity index (χ2n) is 8.67. The van der Waals surface area contributed by atoms with E-state index in [2.05, 4.69) is 15.3 Å². The summed E-state index contributed by atoms with van der Waals surface area (Å²) in [4.78, 5) is 37.6. The van der Waals surface area contributed by atoms with Gasteiger partial charge in [0.25, 0.3) is 0 Å². The fourth-order valence-corrected chi connectivity index (χ4v) is 5.31. The van der Waals surface area contributed by atoms with Crippen LogP contribution in [0.15, 0.2) is 78.3 Å². The predicted molar refractivity (Wildman–Crippen MR) is 141 cm³/mol. The third-order valence-corrected chi connectivity index (χ3v) is 7.12. The number of carbonyl (C=O) groups is 2. The van der Waals surface area contributed by atoms with Crippen LogP contribution in [0.3, 0.4) is 0 Å². The van der Waals surface area contributed by atoms with Gasteiger partial charge in [0.2, 0.25) is 11.8 Å². The van der Waals surface area contributed by atoms with Crippen LogP contribution in [0.25, 0.3) is 11.4 Å². The lowest BCUT2D eigenvalue weighted by Gasteiger charge is -2.41. The number of para-hydroxylation sites is 1. The fourth-order valence-electron chi connectivity index (χ4n) is 4.60. The van der Waals surface area contributed by atoms with Gasteiger partial charge in [-0.05, 0) is 43.7 Å². The number of aryl methyl sites for hydroxylation is 1. The molecule has 2 aromatic heterocycles. The van der Waals surface area contributed by atoms with Crippen molar-refractivity contribution in [1.29, 1.82) is 0 Å². The topological polar surface area (TPSA) is 84.4 Å². The molecule has 1 N–H and O–H groups in total. The average molecular weight is 499 g/mol. The summed E-state index contributed by atoms with van der Waals surface area (Å²) >= 11 is 1.35. The number of hydrogen-bond acceptors (Lipinski definition) is 6. The molecular weight excluding hydrogens is 472 g/mol. The van der Waals surface area contributed by atoms with E-state index in [4.69, 9.17) is 4.74 Å². The number of ether oxygens (including phenoxy) is 1. The molecule has 0 radical (unpaired) electrons. The van der Waals surface area contributed by atoms with Gasteiger partial charge in [-0.2, -0.15) is 0 Å². The minimum absolute atomic E-state index is 0.0227. The molecule has 2 amide bonds. The Morgan fingerprint density at radius 2 is 1.83 bits per heavy atom. The molecule has 182 valence electrons. The lowest BCUT2D eigenvalue weighted by atomic mass is 9.82. The van der Waals surface area contributed by atoms with Gasteiger partial charge in [0.1, 0.15) is 11.4 Å². The highest BCUT2D eigenvalue weighted by Crippen LogP contribution is 2.43. The maximum atomic E-state index is 13.7. The molecular formula is C28H26N4O3S. The lowest BCUT2D eigenvalue weighted by molar-refractivity contribution is -0.125. The smallest absolute Gasteiger partial charge is 0.231 e. The molecule has 7 nitrogen and oxygen atoms in total. The molecule has 0 aliphatic carbocycles. The number of methoxy groups -OCH3 is 1. The second kappa shape index (κ2) is 10.3. The number of hydrogen-bond donors (Lipinski definition) is 1. The molecule has 8 heteroatoms. The number of carbonyl (C=O) groups excluding carboxylic acids is 2. The molecule has 1 aliphatic rings. The van der Waals surface area contributed by atoms with Gasteiger partial charge in [-0.1, -0.05) is 42.0 Å². The third kappa shape index (κ3) is 4.72. The van der Waals surface area contributed by atoms with E-state index in [-0.39, 0.29) is 18.2 Å². The quantitative estimate of drug-likeness (QED) is 0.372. The zero-order valence-corrected chi connectivity index (χ0v) is 20.9. The zero-order valence-electron chi connectivity index (χ0n) is 20.0. The van der Waals surface area contributed by atoms with E-state index >= 15 is 0 Å². The summed E-state index contributed by atoms with van der Waals surface area (Å²) in [6.07, 6.45) is 2.41. The maximum Gasteiger partial charge on any atom is 0.231 e. The Hall–Kier alpha value is -4.04. The molecule has 2 unspecified atom stereocenters. The number of piperidine rings is 1. The van der Waals surface area contributed by atoms with E-state index in [0.717, 1.165) is 22.5 Å². The Bertz CT molecular complexity index is 1370. The number of amides is 2. The van der Waals surface area contributed by atoms with Crippen LogP contribution in [0.2, 0.25) is 0 Å². The van der Waals surface area contributed by atoms with E-state index in [9.17, 15) is 9.59 Å². The molecule has 5 rings (SSSR count). The van der Waals surface area contributed by atoms with Gasteiger partial charge in [-0.25, -0.2) is 4.98 Å². The first-order chi connectivity index (χ1) is 17.5. The number of pyridine rings is 1. The van der Waals surface area contributed by atoms with Crippen molar-refractivity contribution in [3.63, 3.8) is 0 Å².